The first-order chi connectivity index (χ1) is 9.72. The molecule has 0 fully saturated rings. The molecule has 0 spiro atoms. The molecule has 1 heterocycles. The van der Waals surface area contributed by atoms with Gasteiger partial charge in [0.15, 0.2) is 5.82 Å². The van der Waals surface area contributed by atoms with Gasteiger partial charge in [-0.15, -0.1) is 0 Å². The number of nitrogens with one attached hydrogen (secondary N) is 2. The van der Waals surface area contributed by atoms with Gasteiger partial charge in [-0.25, -0.2) is 4.98 Å². The molecule has 0 amide bonds. The van der Waals surface area contributed by atoms with Crippen LogP contribution in [0.3, 0.4) is 0 Å². The van der Waals surface area contributed by atoms with Gasteiger partial charge in [0.25, 0.3) is 0 Å². The average Bonchev–Trinajstić information content (AvgIpc) is 2.48. The summed E-state index contributed by atoms with van der Waals surface area (Å²) in [5.74, 6) is 2.02. The number of halogens is 1. The van der Waals surface area contributed by atoms with E-state index in [0.29, 0.717) is 23.3 Å². The summed E-state index contributed by atoms with van der Waals surface area (Å²) in [5.41, 5.74) is 1.12. The van der Waals surface area contributed by atoms with Crippen molar-refractivity contribution in [3.63, 3.8) is 0 Å². The molecule has 20 heavy (non-hydrogen) atoms. The van der Waals surface area contributed by atoms with E-state index in [2.05, 4.69) is 20.6 Å². The van der Waals surface area contributed by atoms with Crippen LogP contribution >= 0.6 is 11.6 Å². The summed E-state index contributed by atoms with van der Waals surface area (Å²) >= 11 is 6.08. The molecule has 2 N–H and O–H groups in total. The van der Waals surface area contributed by atoms with Crippen molar-refractivity contribution >= 4 is 23.4 Å². The summed E-state index contributed by atoms with van der Waals surface area (Å²) < 4.78 is 5.12. The maximum absolute atomic E-state index is 6.08. The minimum atomic E-state index is 0.500. The molecule has 1 aromatic carbocycles. The highest BCUT2D eigenvalue weighted by atomic mass is 35.5. The SMILES string of the molecule is CCNc1ncc(Cl)c(NCc2ccc(OC)cc2)n1. The van der Waals surface area contributed by atoms with Gasteiger partial charge < -0.3 is 15.4 Å². The second-order valence-corrected chi connectivity index (χ2v) is 4.53. The second-order valence-electron chi connectivity index (χ2n) is 4.12. The number of hydrogen-bond acceptors (Lipinski definition) is 5. The first-order valence-corrected chi connectivity index (χ1v) is 6.74. The molecule has 6 heteroatoms. The number of hydrogen-bond donors (Lipinski definition) is 2. The minimum Gasteiger partial charge on any atom is -0.497 e. The number of ether oxygens (including phenoxy) is 1. The molecule has 0 radical (unpaired) electrons. The number of benzene rings is 1. The predicted octanol–water partition coefficient (Wildman–Crippen LogP) is 3.18. The highest BCUT2D eigenvalue weighted by molar-refractivity contribution is 6.32. The maximum atomic E-state index is 6.08. The predicted molar refractivity (Wildman–Crippen MR) is 81.5 cm³/mol. The minimum absolute atomic E-state index is 0.500. The number of methoxy groups -OCH3 is 1. The van der Waals surface area contributed by atoms with Crippen molar-refractivity contribution in [1.82, 2.24) is 9.97 Å². The van der Waals surface area contributed by atoms with Crippen molar-refractivity contribution in [3.05, 3.63) is 41.0 Å². The van der Waals surface area contributed by atoms with Gasteiger partial charge >= 0.3 is 0 Å². The fourth-order valence-corrected chi connectivity index (χ4v) is 1.82. The van der Waals surface area contributed by atoms with E-state index < -0.39 is 0 Å². The molecule has 5 nitrogen and oxygen atoms in total. The van der Waals surface area contributed by atoms with Crippen LogP contribution in [0.1, 0.15) is 12.5 Å². The van der Waals surface area contributed by atoms with E-state index in [4.69, 9.17) is 16.3 Å². The van der Waals surface area contributed by atoms with E-state index in [1.807, 2.05) is 31.2 Å². The molecule has 0 aliphatic carbocycles. The van der Waals surface area contributed by atoms with Gasteiger partial charge in [0.05, 0.1) is 13.3 Å². The monoisotopic (exact) mass is 292 g/mol. The number of anilines is 2. The first-order valence-electron chi connectivity index (χ1n) is 6.36. The van der Waals surface area contributed by atoms with Crippen molar-refractivity contribution in [1.29, 1.82) is 0 Å². The number of nitrogens with zero attached hydrogens (tertiary/aromatic N) is 2. The van der Waals surface area contributed by atoms with Crippen LogP contribution in [0.5, 0.6) is 5.75 Å². The molecule has 0 aliphatic heterocycles. The average molecular weight is 293 g/mol. The second kappa shape index (κ2) is 6.96. The Balaban J connectivity index is 2.03. The summed E-state index contributed by atoms with van der Waals surface area (Å²) in [4.78, 5) is 8.42. The van der Waals surface area contributed by atoms with E-state index in [9.17, 15) is 0 Å². The third kappa shape index (κ3) is 3.74. The Morgan fingerprint density at radius 3 is 2.60 bits per heavy atom. The van der Waals surface area contributed by atoms with E-state index in [-0.39, 0.29) is 0 Å². The summed E-state index contributed by atoms with van der Waals surface area (Å²) in [6, 6.07) is 7.82. The molecule has 0 saturated heterocycles. The lowest BCUT2D eigenvalue weighted by Gasteiger charge is -2.09. The normalized spacial score (nSPS) is 10.2. The lowest BCUT2D eigenvalue weighted by atomic mass is 10.2. The molecule has 0 aliphatic rings. The smallest absolute Gasteiger partial charge is 0.224 e. The molecule has 0 atom stereocenters. The standard InChI is InChI=1S/C14H17ClN4O/c1-3-16-14-18-9-12(15)13(19-14)17-8-10-4-6-11(20-2)7-5-10/h4-7,9H,3,8H2,1-2H3,(H2,16,17,18,19). The Kier molecular flexibility index (Phi) is 5.01. The van der Waals surface area contributed by atoms with Crippen molar-refractivity contribution in [2.24, 2.45) is 0 Å². The summed E-state index contributed by atoms with van der Waals surface area (Å²) in [7, 11) is 1.65. The maximum Gasteiger partial charge on any atom is 0.224 e. The first kappa shape index (κ1) is 14.4. The van der Waals surface area contributed by atoms with Gasteiger partial charge in [-0.05, 0) is 24.6 Å². The molecule has 106 valence electrons. The van der Waals surface area contributed by atoms with Crippen LogP contribution in [-0.4, -0.2) is 23.6 Å². The zero-order valence-corrected chi connectivity index (χ0v) is 12.2. The molecule has 2 rings (SSSR count). The third-order valence-electron chi connectivity index (χ3n) is 2.70. The number of rotatable bonds is 6. The zero-order chi connectivity index (χ0) is 14.4. The molecule has 1 aromatic heterocycles. The van der Waals surface area contributed by atoms with Crippen LogP contribution in [0.15, 0.2) is 30.5 Å². The summed E-state index contributed by atoms with van der Waals surface area (Å²) in [5, 5.41) is 6.75. The third-order valence-corrected chi connectivity index (χ3v) is 2.97. The lowest BCUT2D eigenvalue weighted by Crippen LogP contribution is -2.07. The fourth-order valence-electron chi connectivity index (χ4n) is 1.66. The van der Waals surface area contributed by atoms with Crippen LogP contribution < -0.4 is 15.4 Å². The molecular formula is C14H17ClN4O. The molecule has 0 saturated carbocycles. The molecular weight excluding hydrogens is 276 g/mol. The summed E-state index contributed by atoms with van der Waals surface area (Å²) in [6.45, 7) is 3.38. The highest BCUT2D eigenvalue weighted by Crippen LogP contribution is 2.20. The van der Waals surface area contributed by atoms with E-state index >= 15 is 0 Å². The van der Waals surface area contributed by atoms with E-state index in [0.717, 1.165) is 17.9 Å². The van der Waals surface area contributed by atoms with Gasteiger partial charge in [0, 0.05) is 13.1 Å². The summed E-state index contributed by atoms with van der Waals surface area (Å²) in [6.07, 6.45) is 1.59. The Labute approximate surface area is 123 Å². The van der Waals surface area contributed by atoms with E-state index in [1.54, 1.807) is 13.3 Å². The van der Waals surface area contributed by atoms with Crippen LogP contribution in [0.25, 0.3) is 0 Å². The lowest BCUT2D eigenvalue weighted by molar-refractivity contribution is 0.414. The van der Waals surface area contributed by atoms with Gasteiger partial charge in [-0.2, -0.15) is 4.98 Å². The van der Waals surface area contributed by atoms with Gasteiger partial charge in [-0.3, -0.25) is 0 Å². The molecule has 2 aromatic rings. The van der Waals surface area contributed by atoms with Crippen LogP contribution in [0.2, 0.25) is 5.02 Å². The van der Waals surface area contributed by atoms with Gasteiger partial charge in [0.2, 0.25) is 5.95 Å². The fraction of sp³-hybridized carbons (Fsp3) is 0.286. The Bertz CT molecular complexity index is 560. The highest BCUT2D eigenvalue weighted by Gasteiger charge is 2.04. The largest absolute Gasteiger partial charge is 0.497 e. The molecule has 0 unspecified atom stereocenters. The molecule has 0 bridgehead atoms. The van der Waals surface area contributed by atoms with Crippen LogP contribution in [0.4, 0.5) is 11.8 Å². The van der Waals surface area contributed by atoms with Crippen molar-refractivity contribution in [2.75, 3.05) is 24.3 Å². The van der Waals surface area contributed by atoms with Gasteiger partial charge in [0.1, 0.15) is 10.8 Å². The van der Waals surface area contributed by atoms with Crippen LogP contribution in [-0.2, 0) is 6.54 Å². The Morgan fingerprint density at radius 1 is 1.20 bits per heavy atom. The quantitative estimate of drug-likeness (QED) is 0.856. The number of aromatic nitrogens is 2. The van der Waals surface area contributed by atoms with Crippen molar-refractivity contribution in [3.8, 4) is 5.75 Å². The topological polar surface area (TPSA) is 59.1 Å². The van der Waals surface area contributed by atoms with Crippen LogP contribution in [0, 0.1) is 0 Å². The zero-order valence-electron chi connectivity index (χ0n) is 11.5. The van der Waals surface area contributed by atoms with Gasteiger partial charge in [-0.1, -0.05) is 23.7 Å². The Morgan fingerprint density at radius 2 is 1.95 bits per heavy atom. The Hall–Kier alpha value is -2.01. The van der Waals surface area contributed by atoms with Crippen molar-refractivity contribution in [2.45, 2.75) is 13.5 Å². The van der Waals surface area contributed by atoms with E-state index in [1.165, 1.54) is 0 Å². The van der Waals surface area contributed by atoms with Crippen molar-refractivity contribution < 1.29 is 4.74 Å².